The lowest BCUT2D eigenvalue weighted by Crippen LogP contribution is -2.25. The van der Waals surface area contributed by atoms with Crippen molar-refractivity contribution in [2.45, 2.75) is 17.9 Å². The average molecular weight is 386 g/mol. The van der Waals surface area contributed by atoms with Gasteiger partial charge in [0.15, 0.2) is 0 Å². The Morgan fingerprint density at radius 2 is 1.81 bits per heavy atom. The van der Waals surface area contributed by atoms with Crippen LogP contribution in [0.4, 0.5) is 5.69 Å². The van der Waals surface area contributed by atoms with Crippen molar-refractivity contribution in [2.75, 3.05) is 25.5 Å². The summed E-state index contributed by atoms with van der Waals surface area (Å²) in [6.07, 6.45) is 0.184. The van der Waals surface area contributed by atoms with Gasteiger partial charge in [-0.05, 0) is 29.8 Å². The molecule has 2 aromatic carbocycles. The maximum absolute atomic E-state index is 12.0. The van der Waals surface area contributed by atoms with E-state index < -0.39 is 10.0 Å². The molecule has 0 aliphatic carbocycles. The first-order valence-corrected chi connectivity index (χ1v) is 10.0. The second kappa shape index (κ2) is 7.79. The van der Waals surface area contributed by atoms with E-state index in [0.29, 0.717) is 12.1 Å². The van der Waals surface area contributed by atoms with E-state index >= 15 is 0 Å². The van der Waals surface area contributed by atoms with Crippen LogP contribution < -0.4 is 14.9 Å². The summed E-state index contributed by atoms with van der Waals surface area (Å²) in [7, 11) is 0.400. The quantitative estimate of drug-likeness (QED) is 0.787. The first-order valence-electron chi connectivity index (χ1n) is 8.56. The van der Waals surface area contributed by atoms with Gasteiger partial charge in [-0.2, -0.15) is 0 Å². The number of anilines is 1. The molecule has 0 aromatic heterocycles. The van der Waals surface area contributed by atoms with Crippen LogP contribution in [0.1, 0.15) is 17.5 Å². The molecule has 1 amide bonds. The molecular weight excluding hydrogens is 364 g/mol. The van der Waals surface area contributed by atoms with Gasteiger partial charge in [0.25, 0.3) is 10.0 Å². The maximum atomic E-state index is 12.0. The van der Waals surface area contributed by atoms with Crippen molar-refractivity contribution >= 4 is 27.5 Å². The van der Waals surface area contributed by atoms with Crippen LogP contribution in [-0.2, 0) is 21.4 Å². The van der Waals surface area contributed by atoms with Crippen molar-refractivity contribution < 1.29 is 13.2 Å². The Balaban J connectivity index is 1.52. The third kappa shape index (κ3) is 4.46. The Labute approximate surface area is 159 Å². The number of amidine groups is 1. The number of fused-ring (bicyclic) bond motifs is 1. The summed E-state index contributed by atoms with van der Waals surface area (Å²) < 4.78 is 26.5. The maximum Gasteiger partial charge on any atom is 0.263 e. The zero-order valence-electron chi connectivity index (χ0n) is 15.3. The fourth-order valence-corrected chi connectivity index (χ4v) is 3.97. The Morgan fingerprint density at radius 3 is 2.52 bits per heavy atom. The first kappa shape index (κ1) is 18.9. The molecule has 0 saturated carbocycles. The smallest absolute Gasteiger partial charge is 0.263 e. The molecule has 2 aromatic rings. The number of carbonyl (C=O) groups is 1. The number of hydrogen-bond acceptors (Lipinski definition) is 5. The lowest BCUT2D eigenvalue weighted by Gasteiger charge is -2.12. The molecule has 0 atom stereocenters. The van der Waals surface area contributed by atoms with E-state index in [-0.39, 0.29) is 29.6 Å². The summed E-state index contributed by atoms with van der Waals surface area (Å²) in [6.45, 7) is 0.649. The van der Waals surface area contributed by atoms with Crippen LogP contribution in [0.3, 0.4) is 0 Å². The number of benzene rings is 2. The van der Waals surface area contributed by atoms with E-state index in [4.69, 9.17) is 0 Å². The molecule has 142 valence electrons. The van der Waals surface area contributed by atoms with Gasteiger partial charge in [0.2, 0.25) is 5.91 Å². The fraction of sp³-hybridized carbons (Fsp3) is 0.263. The monoisotopic (exact) mass is 386 g/mol. The fourth-order valence-electron chi connectivity index (χ4n) is 2.72. The highest BCUT2D eigenvalue weighted by molar-refractivity contribution is 7.90. The third-order valence-corrected chi connectivity index (χ3v) is 5.61. The summed E-state index contributed by atoms with van der Waals surface area (Å²) >= 11 is 0. The van der Waals surface area contributed by atoms with Gasteiger partial charge in [-0.1, -0.05) is 24.3 Å². The molecule has 0 unspecified atom stereocenters. The molecule has 3 rings (SSSR count). The molecule has 2 N–H and O–H groups in total. The molecule has 1 aliphatic rings. The van der Waals surface area contributed by atoms with Gasteiger partial charge in [-0.15, -0.1) is 0 Å². The van der Waals surface area contributed by atoms with Crippen LogP contribution in [0, 0.1) is 0 Å². The normalized spacial score (nSPS) is 15.9. The molecule has 1 aliphatic heterocycles. The lowest BCUT2D eigenvalue weighted by atomic mass is 10.2. The van der Waals surface area contributed by atoms with E-state index in [9.17, 15) is 13.2 Å². The predicted molar refractivity (Wildman–Crippen MR) is 105 cm³/mol. The van der Waals surface area contributed by atoms with Crippen LogP contribution in [-0.4, -0.2) is 40.8 Å². The number of nitrogens with one attached hydrogen (secondary N) is 2. The number of hydrogen-bond donors (Lipinski definition) is 2. The summed E-state index contributed by atoms with van der Waals surface area (Å²) in [5.74, 6) is 0.155. The Morgan fingerprint density at radius 1 is 1.11 bits per heavy atom. The van der Waals surface area contributed by atoms with Crippen molar-refractivity contribution in [1.29, 1.82) is 0 Å². The molecule has 7 nitrogen and oxygen atoms in total. The molecule has 0 fully saturated rings. The highest BCUT2D eigenvalue weighted by Crippen LogP contribution is 2.22. The van der Waals surface area contributed by atoms with Gasteiger partial charge in [0.05, 0.1) is 11.4 Å². The SMILES string of the molecule is CN(C)c1ccc(CNC(=O)CCN=C2NS(=O)(=O)c3ccccc32)cc1. The van der Waals surface area contributed by atoms with Gasteiger partial charge in [-0.25, -0.2) is 8.42 Å². The standard InChI is InChI=1S/C19H22N4O3S/c1-23(2)15-9-7-14(8-10-15)13-21-18(24)11-12-20-19-16-5-3-4-6-17(16)27(25,26)22-19/h3-10H,11-13H2,1-2H3,(H,20,22)(H,21,24). The van der Waals surface area contributed by atoms with E-state index in [1.54, 1.807) is 18.2 Å². The summed E-state index contributed by atoms with van der Waals surface area (Å²) in [5.41, 5.74) is 2.65. The van der Waals surface area contributed by atoms with Gasteiger partial charge in [0, 0.05) is 38.3 Å². The highest BCUT2D eigenvalue weighted by Gasteiger charge is 2.29. The Kier molecular flexibility index (Phi) is 5.46. The first-order chi connectivity index (χ1) is 12.9. The van der Waals surface area contributed by atoms with Crippen molar-refractivity contribution in [1.82, 2.24) is 10.0 Å². The van der Waals surface area contributed by atoms with Gasteiger partial charge in [-0.3, -0.25) is 14.5 Å². The third-order valence-electron chi connectivity index (χ3n) is 4.21. The van der Waals surface area contributed by atoms with Gasteiger partial charge in [0.1, 0.15) is 5.84 Å². The number of amides is 1. The molecule has 0 bridgehead atoms. The average Bonchev–Trinajstić information content (AvgIpc) is 2.91. The van der Waals surface area contributed by atoms with E-state index in [0.717, 1.165) is 11.3 Å². The summed E-state index contributed by atoms with van der Waals surface area (Å²) in [4.78, 5) is 18.5. The highest BCUT2D eigenvalue weighted by atomic mass is 32.2. The van der Waals surface area contributed by atoms with Gasteiger partial charge < -0.3 is 10.2 Å². The zero-order valence-corrected chi connectivity index (χ0v) is 16.1. The van der Waals surface area contributed by atoms with Crippen molar-refractivity contribution in [3.05, 3.63) is 59.7 Å². The molecule has 0 radical (unpaired) electrons. The number of rotatable bonds is 6. The van der Waals surface area contributed by atoms with Crippen molar-refractivity contribution in [2.24, 2.45) is 4.99 Å². The topological polar surface area (TPSA) is 90.9 Å². The zero-order chi connectivity index (χ0) is 19.4. The van der Waals surface area contributed by atoms with Crippen molar-refractivity contribution in [3.63, 3.8) is 0 Å². The van der Waals surface area contributed by atoms with E-state index in [2.05, 4.69) is 15.0 Å². The molecule has 8 heteroatoms. The minimum atomic E-state index is -3.55. The largest absolute Gasteiger partial charge is 0.378 e. The predicted octanol–water partition coefficient (Wildman–Crippen LogP) is 1.50. The summed E-state index contributed by atoms with van der Waals surface area (Å²) in [6, 6.07) is 14.6. The molecular formula is C19H22N4O3S. The Hall–Kier alpha value is -2.87. The van der Waals surface area contributed by atoms with Crippen LogP contribution >= 0.6 is 0 Å². The Bertz CT molecular complexity index is 967. The van der Waals surface area contributed by atoms with Crippen LogP contribution in [0.5, 0.6) is 0 Å². The number of sulfonamides is 1. The van der Waals surface area contributed by atoms with E-state index in [1.807, 2.05) is 43.3 Å². The minimum Gasteiger partial charge on any atom is -0.378 e. The molecule has 0 spiro atoms. The second-order valence-corrected chi connectivity index (χ2v) is 8.07. The number of carbonyl (C=O) groups excluding carboxylic acids is 1. The molecule has 27 heavy (non-hydrogen) atoms. The lowest BCUT2D eigenvalue weighted by molar-refractivity contribution is -0.121. The van der Waals surface area contributed by atoms with E-state index in [1.165, 1.54) is 6.07 Å². The molecule has 0 saturated heterocycles. The van der Waals surface area contributed by atoms with Gasteiger partial charge >= 0.3 is 0 Å². The van der Waals surface area contributed by atoms with Crippen LogP contribution in [0.15, 0.2) is 58.4 Å². The number of nitrogens with zero attached hydrogens (tertiary/aromatic N) is 2. The van der Waals surface area contributed by atoms with Crippen LogP contribution in [0.25, 0.3) is 0 Å². The second-order valence-electron chi connectivity index (χ2n) is 6.42. The summed E-state index contributed by atoms with van der Waals surface area (Å²) in [5, 5.41) is 2.85. The van der Waals surface area contributed by atoms with Crippen molar-refractivity contribution in [3.8, 4) is 0 Å². The van der Waals surface area contributed by atoms with Crippen LogP contribution in [0.2, 0.25) is 0 Å². The number of aliphatic imine (C=N–C) groups is 1. The minimum absolute atomic E-state index is 0.134. The molecule has 1 heterocycles.